The average Bonchev–Trinajstić information content (AvgIpc) is 3.33. The summed E-state index contributed by atoms with van der Waals surface area (Å²) in [4.78, 5) is 38.2. The van der Waals surface area contributed by atoms with E-state index in [2.05, 4.69) is 0 Å². The molecule has 3 aliphatic rings. The van der Waals surface area contributed by atoms with Gasteiger partial charge in [0.05, 0.1) is 18.8 Å². The number of anilines is 1. The molecule has 2 aromatic rings. The van der Waals surface area contributed by atoms with Crippen molar-refractivity contribution >= 4 is 23.6 Å². The SMILES string of the molecule is CCOc1ccccc1N1C2=NC3C(C(=O)N(Cc4ccc(F)cc4)C(=O)N3C)N2C(C)=C1C. The number of guanidine groups is 1. The maximum Gasteiger partial charge on any atom is 0.328 e. The topological polar surface area (TPSA) is 68.7 Å². The van der Waals surface area contributed by atoms with Crippen LogP contribution in [0.3, 0.4) is 0 Å². The van der Waals surface area contributed by atoms with E-state index in [1.165, 1.54) is 21.9 Å². The number of urea groups is 1. The maximum atomic E-state index is 13.7. The highest BCUT2D eigenvalue weighted by Gasteiger charge is 2.56. The van der Waals surface area contributed by atoms with Gasteiger partial charge < -0.3 is 9.64 Å². The van der Waals surface area contributed by atoms with Crippen LogP contribution in [0.15, 0.2) is 64.9 Å². The van der Waals surface area contributed by atoms with Gasteiger partial charge in [0.15, 0.2) is 12.2 Å². The fourth-order valence-corrected chi connectivity index (χ4v) is 4.74. The van der Waals surface area contributed by atoms with Crippen molar-refractivity contribution < 1.29 is 18.7 Å². The second-order valence-electron chi connectivity index (χ2n) is 8.51. The normalized spacial score (nSPS) is 21.9. The van der Waals surface area contributed by atoms with Gasteiger partial charge in [0.2, 0.25) is 5.96 Å². The lowest BCUT2D eigenvalue weighted by molar-refractivity contribution is -0.137. The summed E-state index contributed by atoms with van der Waals surface area (Å²) in [7, 11) is 1.65. The Balaban J connectivity index is 1.51. The Labute approximate surface area is 197 Å². The number of halogens is 1. The predicted molar refractivity (Wildman–Crippen MR) is 125 cm³/mol. The Hall–Kier alpha value is -3.88. The summed E-state index contributed by atoms with van der Waals surface area (Å²) in [6, 6.07) is 12.4. The molecule has 3 heterocycles. The van der Waals surface area contributed by atoms with Crippen molar-refractivity contribution in [2.24, 2.45) is 4.99 Å². The van der Waals surface area contributed by atoms with Gasteiger partial charge in [-0.05, 0) is 50.6 Å². The number of amides is 3. The number of carbonyl (C=O) groups is 2. The Kier molecular flexibility index (Phi) is 5.27. The molecule has 2 unspecified atom stereocenters. The fraction of sp³-hybridized carbons (Fsp3) is 0.320. The highest BCUT2D eigenvalue weighted by atomic mass is 19.1. The highest BCUT2D eigenvalue weighted by molar-refractivity contribution is 6.11. The predicted octanol–water partition coefficient (Wildman–Crippen LogP) is 3.76. The van der Waals surface area contributed by atoms with Crippen LogP contribution in [0.2, 0.25) is 0 Å². The second-order valence-corrected chi connectivity index (χ2v) is 8.51. The molecular weight excluding hydrogens is 437 g/mol. The summed E-state index contributed by atoms with van der Waals surface area (Å²) in [6.07, 6.45) is -0.649. The molecule has 0 bridgehead atoms. The lowest BCUT2D eigenvalue weighted by Crippen LogP contribution is -2.64. The summed E-state index contributed by atoms with van der Waals surface area (Å²) >= 11 is 0. The molecule has 0 radical (unpaired) electrons. The molecule has 5 rings (SSSR count). The lowest BCUT2D eigenvalue weighted by Gasteiger charge is -2.40. The first-order valence-corrected chi connectivity index (χ1v) is 11.2. The van der Waals surface area contributed by atoms with Crippen molar-refractivity contribution in [3.05, 3.63) is 71.3 Å². The molecule has 8 nitrogen and oxygen atoms in total. The van der Waals surface area contributed by atoms with E-state index in [1.807, 2.05) is 54.8 Å². The van der Waals surface area contributed by atoms with Gasteiger partial charge in [-0.15, -0.1) is 0 Å². The molecular formula is C25H26FN5O3. The van der Waals surface area contributed by atoms with Gasteiger partial charge >= 0.3 is 6.03 Å². The fourth-order valence-electron chi connectivity index (χ4n) is 4.74. The van der Waals surface area contributed by atoms with Crippen molar-refractivity contribution in [2.45, 2.75) is 39.5 Å². The van der Waals surface area contributed by atoms with E-state index in [4.69, 9.17) is 9.73 Å². The molecule has 3 amide bonds. The molecule has 34 heavy (non-hydrogen) atoms. The minimum atomic E-state index is -0.683. The number of allylic oxidation sites excluding steroid dienone is 2. The Morgan fingerprint density at radius 3 is 2.44 bits per heavy atom. The van der Waals surface area contributed by atoms with Crippen LogP contribution in [-0.2, 0) is 11.3 Å². The van der Waals surface area contributed by atoms with Gasteiger partial charge in [0.25, 0.3) is 5.91 Å². The van der Waals surface area contributed by atoms with Gasteiger partial charge in [-0.25, -0.2) is 14.2 Å². The van der Waals surface area contributed by atoms with E-state index >= 15 is 0 Å². The number of nitrogens with zero attached hydrogens (tertiary/aromatic N) is 5. The Morgan fingerprint density at radius 1 is 1.03 bits per heavy atom. The Morgan fingerprint density at radius 2 is 1.74 bits per heavy atom. The molecule has 0 N–H and O–H groups in total. The number of hydrogen-bond acceptors (Lipinski definition) is 6. The van der Waals surface area contributed by atoms with Crippen molar-refractivity contribution in [2.75, 3.05) is 18.6 Å². The van der Waals surface area contributed by atoms with Crippen LogP contribution < -0.4 is 9.64 Å². The molecule has 0 aliphatic carbocycles. The third-order valence-corrected chi connectivity index (χ3v) is 6.55. The molecule has 2 aromatic carbocycles. The van der Waals surface area contributed by atoms with Crippen molar-refractivity contribution in [1.29, 1.82) is 0 Å². The molecule has 9 heteroatoms. The molecule has 3 aliphatic heterocycles. The van der Waals surface area contributed by atoms with Crippen molar-refractivity contribution in [3.8, 4) is 5.75 Å². The zero-order valence-electron chi connectivity index (χ0n) is 19.5. The Bertz CT molecular complexity index is 1230. The van der Waals surface area contributed by atoms with Crippen molar-refractivity contribution in [3.63, 3.8) is 0 Å². The zero-order chi connectivity index (χ0) is 24.1. The first kappa shape index (κ1) is 21.9. The van der Waals surface area contributed by atoms with E-state index in [0.29, 0.717) is 23.9 Å². The largest absolute Gasteiger partial charge is 0.492 e. The van der Waals surface area contributed by atoms with Crippen LogP contribution in [0.1, 0.15) is 26.3 Å². The lowest BCUT2D eigenvalue weighted by atomic mass is 10.1. The molecule has 176 valence electrons. The third kappa shape index (κ3) is 3.22. The molecule has 0 aromatic heterocycles. The first-order chi connectivity index (χ1) is 16.3. The van der Waals surface area contributed by atoms with Gasteiger partial charge in [-0.3, -0.25) is 19.5 Å². The number of fused-ring (bicyclic) bond motifs is 3. The van der Waals surface area contributed by atoms with E-state index in [-0.39, 0.29) is 18.3 Å². The number of carbonyl (C=O) groups excluding carboxylic acids is 2. The summed E-state index contributed by atoms with van der Waals surface area (Å²) in [5.41, 5.74) is 3.31. The maximum absolute atomic E-state index is 13.7. The van der Waals surface area contributed by atoms with Gasteiger partial charge in [-0.2, -0.15) is 0 Å². The number of hydrogen-bond donors (Lipinski definition) is 0. The third-order valence-electron chi connectivity index (χ3n) is 6.55. The number of benzene rings is 2. The van der Waals surface area contributed by atoms with E-state index in [0.717, 1.165) is 17.1 Å². The molecule has 0 spiro atoms. The van der Waals surface area contributed by atoms with Crippen LogP contribution in [0.4, 0.5) is 14.9 Å². The van der Waals surface area contributed by atoms with Crippen molar-refractivity contribution in [1.82, 2.24) is 14.7 Å². The standard InChI is InChI=1S/C25H26FN5O3/c1-5-34-20-9-7-6-8-19(20)30-15(2)16(3)31-21-22(27-24(30)31)28(4)25(33)29(23(21)32)14-17-10-12-18(26)13-11-17/h6-13,21-22H,5,14H2,1-4H3. The van der Waals surface area contributed by atoms with Gasteiger partial charge in [0.1, 0.15) is 11.6 Å². The summed E-state index contributed by atoms with van der Waals surface area (Å²) in [5.74, 6) is 0.606. The second kappa shape index (κ2) is 8.16. The van der Waals surface area contributed by atoms with E-state index in [1.54, 1.807) is 19.2 Å². The first-order valence-electron chi connectivity index (χ1n) is 11.2. The zero-order valence-corrected chi connectivity index (χ0v) is 19.5. The van der Waals surface area contributed by atoms with Gasteiger partial charge in [-0.1, -0.05) is 24.3 Å². The van der Waals surface area contributed by atoms with Crippen LogP contribution >= 0.6 is 0 Å². The number of ether oxygens (including phenoxy) is 1. The van der Waals surface area contributed by atoms with E-state index < -0.39 is 18.2 Å². The number of likely N-dealkylation sites (N-methyl/N-ethyl adjacent to an activating group) is 1. The molecule has 0 saturated carbocycles. The van der Waals surface area contributed by atoms with Crippen LogP contribution in [-0.4, -0.2) is 58.5 Å². The highest BCUT2D eigenvalue weighted by Crippen LogP contribution is 2.42. The molecule has 2 atom stereocenters. The number of aliphatic imine (C=N–C) groups is 1. The average molecular weight is 464 g/mol. The monoisotopic (exact) mass is 463 g/mol. The summed E-state index contributed by atoms with van der Waals surface area (Å²) in [5, 5.41) is 0. The minimum absolute atomic E-state index is 0.0628. The summed E-state index contributed by atoms with van der Waals surface area (Å²) in [6.45, 7) is 6.43. The molecule has 1 fully saturated rings. The van der Waals surface area contributed by atoms with Crippen LogP contribution in [0.25, 0.3) is 0 Å². The van der Waals surface area contributed by atoms with Crippen LogP contribution in [0, 0.1) is 5.82 Å². The van der Waals surface area contributed by atoms with Crippen LogP contribution in [0.5, 0.6) is 5.75 Å². The minimum Gasteiger partial charge on any atom is -0.492 e. The smallest absolute Gasteiger partial charge is 0.328 e. The quantitative estimate of drug-likeness (QED) is 0.676. The molecule has 1 saturated heterocycles. The number of imide groups is 1. The summed E-state index contributed by atoms with van der Waals surface area (Å²) < 4.78 is 19.2. The number of rotatable bonds is 5. The van der Waals surface area contributed by atoms with Gasteiger partial charge in [0, 0.05) is 18.4 Å². The van der Waals surface area contributed by atoms with E-state index in [9.17, 15) is 14.0 Å². The number of para-hydroxylation sites is 2.